The number of ether oxygens (including phenoxy) is 1. The number of thiophene rings is 1. The third-order valence-corrected chi connectivity index (χ3v) is 8.01. The van der Waals surface area contributed by atoms with Crippen LogP contribution in [0.1, 0.15) is 29.9 Å². The van der Waals surface area contributed by atoms with E-state index < -0.39 is 0 Å². The molecule has 7 heteroatoms. The normalized spacial score (nSPS) is 15.2. The maximum absolute atomic E-state index is 13.9. The Balaban J connectivity index is 1.68. The highest BCUT2D eigenvalue weighted by molar-refractivity contribution is 9.10. The van der Waals surface area contributed by atoms with Crippen molar-refractivity contribution in [2.24, 2.45) is 0 Å². The molecule has 158 valence electrons. The molecule has 2 aromatic heterocycles. The Morgan fingerprint density at radius 1 is 1.16 bits per heavy atom. The molecular weight excluding hydrogens is 492 g/mol. The SMILES string of the molecule is CC1(C)Cc2c(sc3nc(SCc4ccccc4)n(-c4ccc(Br)cc4)c(=O)c23)CO1. The van der Waals surface area contributed by atoms with Crippen molar-refractivity contribution < 1.29 is 4.74 Å². The van der Waals surface area contributed by atoms with Gasteiger partial charge in [-0.1, -0.05) is 58.0 Å². The Labute approximate surface area is 197 Å². The maximum atomic E-state index is 13.9. The molecule has 4 nitrogen and oxygen atoms in total. The summed E-state index contributed by atoms with van der Waals surface area (Å²) in [5, 5.41) is 1.45. The van der Waals surface area contributed by atoms with E-state index in [0.29, 0.717) is 11.8 Å². The van der Waals surface area contributed by atoms with Gasteiger partial charge in [0.05, 0.1) is 23.3 Å². The van der Waals surface area contributed by atoms with Crippen LogP contribution in [0.3, 0.4) is 0 Å². The average Bonchev–Trinajstić information content (AvgIpc) is 3.10. The quantitative estimate of drug-likeness (QED) is 0.236. The number of rotatable bonds is 4. The number of fused-ring (bicyclic) bond motifs is 3. The second-order valence-electron chi connectivity index (χ2n) is 8.19. The first-order valence-corrected chi connectivity index (χ1v) is 12.6. The van der Waals surface area contributed by atoms with Crippen LogP contribution in [0.15, 0.2) is 69.0 Å². The molecule has 2 aromatic carbocycles. The van der Waals surface area contributed by atoms with Gasteiger partial charge in [0.1, 0.15) is 4.83 Å². The highest BCUT2D eigenvalue weighted by Crippen LogP contribution is 2.38. The fourth-order valence-electron chi connectivity index (χ4n) is 3.81. The minimum Gasteiger partial charge on any atom is -0.370 e. The van der Waals surface area contributed by atoms with Crippen molar-refractivity contribution in [2.75, 3.05) is 0 Å². The number of halogens is 1. The molecular formula is C24H21BrN2O2S2. The number of hydrogen-bond donors (Lipinski definition) is 0. The van der Waals surface area contributed by atoms with Crippen LogP contribution < -0.4 is 5.56 Å². The van der Waals surface area contributed by atoms with E-state index in [9.17, 15) is 4.79 Å². The van der Waals surface area contributed by atoms with E-state index in [1.807, 2.05) is 42.5 Å². The number of nitrogens with zero attached hydrogens (tertiary/aromatic N) is 2. The predicted octanol–water partition coefficient (Wildman–Crippen LogP) is 6.35. The van der Waals surface area contributed by atoms with Crippen molar-refractivity contribution in [2.45, 2.75) is 43.4 Å². The van der Waals surface area contributed by atoms with E-state index in [1.54, 1.807) is 27.7 Å². The zero-order chi connectivity index (χ0) is 21.6. The molecule has 0 saturated heterocycles. The van der Waals surface area contributed by atoms with Crippen LogP contribution in [-0.2, 0) is 23.5 Å². The third-order valence-electron chi connectivity index (χ3n) is 5.37. The fourth-order valence-corrected chi connectivity index (χ4v) is 6.19. The van der Waals surface area contributed by atoms with Gasteiger partial charge in [0.25, 0.3) is 5.56 Å². The van der Waals surface area contributed by atoms with Gasteiger partial charge in [0.2, 0.25) is 0 Å². The van der Waals surface area contributed by atoms with Crippen molar-refractivity contribution in [1.29, 1.82) is 0 Å². The standard InChI is InChI=1S/C24H21BrN2O2S2/c1-24(2)12-18-19(13-29-24)31-21-20(18)22(28)27(17-10-8-16(25)9-11-17)23(26-21)30-14-15-6-4-3-5-7-15/h3-11H,12-14H2,1-2H3. The van der Waals surface area contributed by atoms with E-state index in [0.717, 1.165) is 43.0 Å². The van der Waals surface area contributed by atoms with Gasteiger partial charge in [0, 0.05) is 21.5 Å². The minimum absolute atomic E-state index is 0.00177. The summed E-state index contributed by atoms with van der Waals surface area (Å²) in [6.45, 7) is 4.68. The van der Waals surface area contributed by atoms with Crippen LogP contribution in [0.2, 0.25) is 0 Å². The highest BCUT2D eigenvalue weighted by atomic mass is 79.9. The molecule has 0 N–H and O–H groups in total. The van der Waals surface area contributed by atoms with Gasteiger partial charge in [-0.15, -0.1) is 11.3 Å². The average molecular weight is 513 g/mol. The molecule has 0 amide bonds. The van der Waals surface area contributed by atoms with Crippen molar-refractivity contribution in [3.63, 3.8) is 0 Å². The summed E-state index contributed by atoms with van der Waals surface area (Å²) in [6, 6.07) is 18.1. The van der Waals surface area contributed by atoms with E-state index in [-0.39, 0.29) is 11.2 Å². The molecule has 4 aromatic rings. The first-order chi connectivity index (χ1) is 14.9. The van der Waals surface area contributed by atoms with Crippen LogP contribution in [0.25, 0.3) is 15.9 Å². The number of thioether (sulfide) groups is 1. The molecule has 5 rings (SSSR count). The van der Waals surface area contributed by atoms with Crippen LogP contribution in [-0.4, -0.2) is 15.2 Å². The van der Waals surface area contributed by atoms with Crippen molar-refractivity contribution in [3.8, 4) is 5.69 Å². The lowest BCUT2D eigenvalue weighted by molar-refractivity contribution is -0.0379. The molecule has 0 saturated carbocycles. The molecule has 0 unspecified atom stereocenters. The zero-order valence-electron chi connectivity index (χ0n) is 17.2. The Hall–Kier alpha value is -1.93. The monoisotopic (exact) mass is 512 g/mol. The van der Waals surface area contributed by atoms with Gasteiger partial charge in [-0.05, 0) is 49.2 Å². The molecule has 0 atom stereocenters. The first-order valence-electron chi connectivity index (χ1n) is 10.1. The van der Waals surface area contributed by atoms with Crippen molar-refractivity contribution >= 4 is 49.2 Å². The third kappa shape index (κ3) is 4.12. The van der Waals surface area contributed by atoms with Crippen molar-refractivity contribution in [1.82, 2.24) is 9.55 Å². The molecule has 31 heavy (non-hydrogen) atoms. The van der Waals surface area contributed by atoms with Crippen LogP contribution in [0.5, 0.6) is 0 Å². The lowest BCUT2D eigenvalue weighted by Gasteiger charge is -2.29. The first kappa shape index (κ1) is 20.9. The Morgan fingerprint density at radius 2 is 1.90 bits per heavy atom. The van der Waals surface area contributed by atoms with Gasteiger partial charge < -0.3 is 4.74 Å². The van der Waals surface area contributed by atoms with E-state index >= 15 is 0 Å². The number of aromatic nitrogens is 2. The summed E-state index contributed by atoms with van der Waals surface area (Å²) >= 11 is 6.67. The minimum atomic E-state index is -0.281. The van der Waals surface area contributed by atoms with Crippen LogP contribution in [0.4, 0.5) is 0 Å². The highest BCUT2D eigenvalue weighted by Gasteiger charge is 2.31. The van der Waals surface area contributed by atoms with Gasteiger partial charge in [-0.2, -0.15) is 0 Å². The lowest BCUT2D eigenvalue weighted by Crippen LogP contribution is -2.32. The maximum Gasteiger partial charge on any atom is 0.267 e. The smallest absolute Gasteiger partial charge is 0.267 e. The molecule has 0 aliphatic carbocycles. The Morgan fingerprint density at radius 3 is 2.65 bits per heavy atom. The van der Waals surface area contributed by atoms with Gasteiger partial charge in [-0.3, -0.25) is 9.36 Å². The Kier molecular flexibility index (Phi) is 5.54. The molecule has 0 radical (unpaired) electrons. The number of benzene rings is 2. The zero-order valence-corrected chi connectivity index (χ0v) is 20.4. The van der Waals surface area contributed by atoms with Crippen molar-refractivity contribution in [3.05, 3.63) is 85.4 Å². The topological polar surface area (TPSA) is 44.1 Å². The fraction of sp³-hybridized carbons (Fsp3) is 0.250. The lowest BCUT2D eigenvalue weighted by atomic mass is 9.94. The predicted molar refractivity (Wildman–Crippen MR) is 131 cm³/mol. The summed E-state index contributed by atoms with van der Waals surface area (Å²) in [6.07, 6.45) is 0.718. The molecule has 3 heterocycles. The van der Waals surface area contributed by atoms with Gasteiger partial charge in [0.15, 0.2) is 5.16 Å². The molecule has 0 fully saturated rings. The molecule has 0 spiro atoms. The molecule has 0 bridgehead atoms. The van der Waals surface area contributed by atoms with Gasteiger partial charge >= 0.3 is 0 Å². The summed E-state index contributed by atoms with van der Waals surface area (Å²) in [4.78, 5) is 20.8. The Bertz CT molecular complexity index is 1310. The van der Waals surface area contributed by atoms with E-state index in [2.05, 4.69) is 41.9 Å². The summed E-state index contributed by atoms with van der Waals surface area (Å²) in [5.41, 5.74) is 2.84. The molecule has 1 aliphatic heterocycles. The second kappa shape index (κ2) is 8.20. The van der Waals surface area contributed by atoms with Crippen LogP contribution >= 0.6 is 39.0 Å². The second-order valence-corrected chi connectivity index (χ2v) is 11.1. The summed E-state index contributed by atoms with van der Waals surface area (Å²) in [5.74, 6) is 0.747. The molecule has 1 aliphatic rings. The van der Waals surface area contributed by atoms with Crippen LogP contribution in [0, 0.1) is 0 Å². The summed E-state index contributed by atoms with van der Waals surface area (Å²) in [7, 11) is 0. The van der Waals surface area contributed by atoms with E-state index in [1.165, 1.54) is 5.56 Å². The summed E-state index contributed by atoms with van der Waals surface area (Å²) < 4.78 is 8.73. The number of hydrogen-bond acceptors (Lipinski definition) is 5. The van der Waals surface area contributed by atoms with Gasteiger partial charge in [-0.25, -0.2) is 4.98 Å². The van der Waals surface area contributed by atoms with E-state index in [4.69, 9.17) is 9.72 Å². The largest absolute Gasteiger partial charge is 0.370 e.